The predicted molar refractivity (Wildman–Crippen MR) is 190 cm³/mol. The number of nitrogens with zero attached hydrogens (tertiary/aromatic N) is 5. The van der Waals surface area contributed by atoms with Crippen molar-refractivity contribution in [3.8, 4) is 23.0 Å². The van der Waals surface area contributed by atoms with Crippen LogP contribution in [0.5, 0.6) is 23.0 Å². The molecular formula is C38H43FN6O5. The highest BCUT2D eigenvalue weighted by Gasteiger charge is 2.24. The normalized spacial score (nSPS) is 14.5. The first-order valence-electron chi connectivity index (χ1n) is 16.8. The molecule has 0 aliphatic carbocycles. The summed E-state index contributed by atoms with van der Waals surface area (Å²) in [5, 5.41) is 3.05. The van der Waals surface area contributed by atoms with Crippen molar-refractivity contribution in [3.63, 3.8) is 0 Å². The van der Waals surface area contributed by atoms with Gasteiger partial charge in [-0.05, 0) is 81.6 Å². The number of anilines is 3. The SMILES string of the molecule is Cc1cc(C)c(OC(=O)N(Cc2ccc3c(c2)OC=CO3)c2ccnc(Nc3ccc(OCCN4CCN(C(C)C)CC4)c(F)c3)n2)c(C)c1. The minimum absolute atomic E-state index is 0.105. The summed E-state index contributed by atoms with van der Waals surface area (Å²) >= 11 is 0. The van der Waals surface area contributed by atoms with Crippen molar-refractivity contribution in [1.29, 1.82) is 0 Å². The fourth-order valence-electron chi connectivity index (χ4n) is 6.11. The van der Waals surface area contributed by atoms with E-state index in [-0.39, 0.29) is 24.1 Å². The maximum atomic E-state index is 15.1. The lowest BCUT2D eigenvalue weighted by Crippen LogP contribution is -2.49. The molecule has 2 aliphatic rings. The summed E-state index contributed by atoms with van der Waals surface area (Å²) in [6.07, 6.45) is 3.79. The third kappa shape index (κ3) is 8.50. The van der Waals surface area contributed by atoms with Crippen molar-refractivity contribution in [2.75, 3.05) is 49.5 Å². The summed E-state index contributed by atoms with van der Waals surface area (Å²) in [7, 11) is 0. The van der Waals surface area contributed by atoms with Gasteiger partial charge in [0.25, 0.3) is 0 Å². The zero-order valence-corrected chi connectivity index (χ0v) is 29.1. The van der Waals surface area contributed by atoms with Gasteiger partial charge in [-0.2, -0.15) is 4.98 Å². The standard InChI is InChI=1S/C38H43FN6O5/c1-25(2)44-14-12-43(13-15-44)16-17-47-32-9-7-30(23-31(32)39)41-37-40-11-10-35(42-37)45(24-29-6-8-33-34(22-29)49-19-18-48-33)38(46)50-36-27(4)20-26(3)21-28(36)5/h6-11,18-23,25H,12-17,24H2,1-5H3,(H,40,41,42). The second-order valence-corrected chi connectivity index (χ2v) is 12.8. The van der Waals surface area contributed by atoms with Crippen LogP contribution in [0.25, 0.3) is 0 Å². The van der Waals surface area contributed by atoms with Crippen molar-refractivity contribution >= 4 is 23.5 Å². The van der Waals surface area contributed by atoms with E-state index in [1.54, 1.807) is 30.3 Å². The molecule has 3 heterocycles. The van der Waals surface area contributed by atoms with Crippen LogP contribution in [0.3, 0.4) is 0 Å². The van der Waals surface area contributed by atoms with Crippen molar-refractivity contribution in [2.24, 2.45) is 0 Å². The van der Waals surface area contributed by atoms with Crippen LogP contribution in [-0.4, -0.2) is 71.2 Å². The molecule has 3 aromatic carbocycles. The van der Waals surface area contributed by atoms with Gasteiger partial charge in [-0.25, -0.2) is 14.2 Å². The summed E-state index contributed by atoms with van der Waals surface area (Å²) in [4.78, 5) is 29.0. The Kier molecular flexibility index (Phi) is 10.8. The molecule has 50 heavy (non-hydrogen) atoms. The molecule has 0 unspecified atom stereocenters. The summed E-state index contributed by atoms with van der Waals surface area (Å²) in [5.74, 6) is 1.69. The number of halogens is 1. The minimum atomic E-state index is -0.631. The molecule has 6 rings (SSSR count). The number of amides is 1. The molecule has 0 bridgehead atoms. The highest BCUT2D eigenvalue weighted by Crippen LogP contribution is 2.33. The molecule has 1 fully saturated rings. The number of carbonyl (C=O) groups is 1. The van der Waals surface area contributed by atoms with E-state index in [0.717, 1.165) is 55.0 Å². The summed E-state index contributed by atoms with van der Waals surface area (Å²) in [6, 6.07) is 16.1. The molecular weight excluding hydrogens is 639 g/mol. The molecule has 262 valence electrons. The summed E-state index contributed by atoms with van der Waals surface area (Å²) < 4.78 is 38.0. The second kappa shape index (κ2) is 15.6. The lowest BCUT2D eigenvalue weighted by Gasteiger charge is -2.36. The Bertz CT molecular complexity index is 1840. The first-order valence-corrected chi connectivity index (χ1v) is 16.8. The Morgan fingerprint density at radius 2 is 1.70 bits per heavy atom. The molecule has 11 nitrogen and oxygen atoms in total. The first kappa shape index (κ1) is 34.7. The van der Waals surface area contributed by atoms with Crippen LogP contribution >= 0.6 is 0 Å². The number of benzene rings is 3. The van der Waals surface area contributed by atoms with Crippen LogP contribution < -0.4 is 29.2 Å². The van der Waals surface area contributed by atoms with Crippen LogP contribution in [0.15, 0.2) is 73.3 Å². The van der Waals surface area contributed by atoms with Gasteiger partial charge in [0, 0.05) is 56.7 Å². The van der Waals surface area contributed by atoms with Crippen molar-refractivity contribution in [3.05, 3.63) is 101 Å². The molecule has 0 saturated carbocycles. The number of aromatic nitrogens is 2. The highest BCUT2D eigenvalue weighted by molar-refractivity contribution is 5.88. The monoisotopic (exact) mass is 682 g/mol. The van der Waals surface area contributed by atoms with E-state index in [4.69, 9.17) is 18.9 Å². The predicted octanol–water partition coefficient (Wildman–Crippen LogP) is 7.14. The fourth-order valence-corrected chi connectivity index (χ4v) is 6.11. The molecule has 4 aromatic rings. The van der Waals surface area contributed by atoms with Crippen LogP contribution in [0.2, 0.25) is 0 Å². The van der Waals surface area contributed by atoms with Gasteiger partial charge in [-0.3, -0.25) is 14.7 Å². The Hall–Kier alpha value is -5.20. The van der Waals surface area contributed by atoms with E-state index in [1.807, 2.05) is 39.0 Å². The average Bonchev–Trinajstić information content (AvgIpc) is 3.10. The van der Waals surface area contributed by atoms with Gasteiger partial charge >= 0.3 is 6.09 Å². The first-order chi connectivity index (χ1) is 24.1. The van der Waals surface area contributed by atoms with Crippen LogP contribution in [0.1, 0.15) is 36.1 Å². The summed E-state index contributed by atoms with van der Waals surface area (Å²) in [5.41, 5.74) is 3.93. The average molecular weight is 683 g/mol. The van der Waals surface area contributed by atoms with E-state index >= 15 is 4.39 Å². The summed E-state index contributed by atoms with van der Waals surface area (Å²) in [6.45, 7) is 15.4. The molecule has 0 radical (unpaired) electrons. The molecule has 1 aromatic heterocycles. The molecule has 1 amide bonds. The number of rotatable bonds is 11. The number of hydrogen-bond donors (Lipinski definition) is 1. The van der Waals surface area contributed by atoms with Crippen molar-refractivity contribution in [2.45, 2.75) is 47.2 Å². The largest absolute Gasteiger partial charge is 0.489 e. The lowest BCUT2D eigenvalue weighted by atomic mass is 10.1. The Morgan fingerprint density at radius 3 is 2.42 bits per heavy atom. The number of aryl methyl sites for hydroxylation is 3. The molecule has 0 spiro atoms. The molecule has 2 aliphatic heterocycles. The lowest BCUT2D eigenvalue weighted by molar-refractivity contribution is 0.0965. The van der Waals surface area contributed by atoms with E-state index in [0.29, 0.717) is 35.6 Å². The zero-order valence-electron chi connectivity index (χ0n) is 29.1. The smallest absolute Gasteiger partial charge is 0.421 e. The minimum Gasteiger partial charge on any atom is -0.489 e. The van der Waals surface area contributed by atoms with Gasteiger partial charge in [-0.15, -0.1) is 0 Å². The zero-order chi connectivity index (χ0) is 35.2. The van der Waals surface area contributed by atoms with Gasteiger partial charge in [0.2, 0.25) is 5.95 Å². The maximum absolute atomic E-state index is 15.1. The van der Waals surface area contributed by atoms with E-state index in [1.165, 1.54) is 29.7 Å². The Labute approximate surface area is 292 Å². The topological polar surface area (TPSA) is 102 Å². The van der Waals surface area contributed by atoms with Crippen molar-refractivity contribution < 1.29 is 28.1 Å². The van der Waals surface area contributed by atoms with Gasteiger partial charge in [0.05, 0.1) is 6.54 Å². The Morgan fingerprint density at radius 1 is 0.960 bits per heavy atom. The molecule has 0 atom stereocenters. The number of ether oxygens (including phenoxy) is 4. The van der Waals surface area contributed by atoms with E-state index in [9.17, 15) is 4.79 Å². The molecule has 1 saturated heterocycles. The van der Waals surface area contributed by atoms with E-state index in [2.05, 4.69) is 38.9 Å². The molecule has 1 N–H and O–H groups in total. The van der Waals surface area contributed by atoms with Gasteiger partial charge in [0.15, 0.2) is 23.1 Å². The quantitative estimate of drug-likeness (QED) is 0.176. The van der Waals surface area contributed by atoms with Gasteiger partial charge in [0.1, 0.15) is 30.7 Å². The van der Waals surface area contributed by atoms with Crippen molar-refractivity contribution in [1.82, 2.24) is 19.8 Å². The number of nitrogens with one attached hydrogen (secondary N) is 1. The third-order valence-electron chi connectivity index (χ3n) is 8.72. The number of hydrogen-bond acceptors (Lipinski definition) is 10. The number of carbonyl (C=O) groups excluding carboxylic acids is 1. The van der Waals surface area contributed by atoms with Gasteiger partial charge < -0.3 is 24.3 Å². The number of fused-ring (bicyclic) bond motifs is 1. The highest BCUT2D eigenvalue weighted by atomic mass is 19.1. The van der Waals surface area contributed by atoms with Crippen LogP contribution in [-0.2, 0) is 6.54 Å². The van der Waals surface area contributed by atoms with E-state index < -0.39 is 11.9 Å². The second-order valence-electron chi connectivity index (χ2n) is 12.8. The van der Waals surface area contributed by atoms with Crippen LogP contribution in [0, 0.1) is 26.6 Å². The molecule has 12 heteroatoms. The van der Waals surface area contributed by atoms with Crippen LogP contribution in [0.4, 0.5) is 26.6 Å². The van der Waals surface area contributed by atoms with Gasteiger partial charge in [-0.1, -0.05) is 23.8 Å². The maximum Gasteiger partial charge on any atom is 0.421 e. The third-order valence-corrected chi connectivity index (χ3v) is 8.72. The fraction of sp³-hybridized carbons (Fsp3) is 0.342. The number of piperazine rings is 1. The Balaban J connectivity index is 1.16.